The molecule has 1 heterocycles. The number of carboxylic acids is 1. The van der Waals surface area contributed by atoms with Crippen molar-refractivity contribution < 1.29 is 29.0 Å². The molecular weight excluding hydrogens is 508 g/mol. The second-order valence-electron chi connectivity index (χ2n) is 7.92. The highest BCUT2D eigenvalue weighted by atomic mass is 16.6. The van der Waals surface area contributed by atoms with Crippen molar-refractivity contribution in [2.24, 2.45) is 0 Å². The molecule has 0 bridgehead atoms. The number of aliphatic carboxylic acids is 1. The number of esters is 2. The Morgan fingerprint density at radius 3 is 1.77 bits per heavy atom. The summed E-state index contributed by atoms with van der Waals surface area (Å²) in [6.45, 7) is 16.6. The van der Waals surface area contributed by atoms with Crippen LogP contribution in [0.25, 0.3) is 11.1 Å². The van der Waals surface area contributed by atoms with Gasteiger partial charge in [-0.2, -0.15) is 0 Å². The molecule has 208 valence electrons. The van der Waals surface area contributed by atoms with Gasteiger partial charge in [0, 0.05) is 38.3 Å². The molecule has 40 heavy (non-hydrogen) atoms. The Labute approximate surface area is 235 Å². The van der Waals surface area contributed by atoms with E-state index in [0.29, 0.717) is 29.8 Å². The molecule has 0 unspecified atom stereocenters. The number of benzene rings is 2. The van der Waals surface area contributed by atoms with Crippen LogP contribution in [0.5, 0.6) is 0 Å². The topological polar surface area (TPSA) is 113 Å². The minimum atomic E-state index is -1.14. The summed E-state index contributed by atoms with van der Waals surface area (Å²) in [7, 11) is 0. The fraction of sp³-hybridized carbons (Fsp3) is 0.125. The van der Waals surface area contributed by atoms with Crippen LogP contribution in [-0.2, 0) is 23.9 Å². The van der Waals surface area contributed by atoms with Crippen molar-refractivity contribution in [2.45, 2.75) is 0 Å². The van der Waals surface area contributed by atoms with Gasteiger partial charge in [-0.05, 0) is 11.1 Å². The normalized spacial score (nSPS) is 11.8. The van der Waals surface area contributed by atoms with Gasteiger partial charge in [-0.1, -0.05) is 85.0 Å². The van der Waals surface area contributed by atoms with Crippen LogP contribution >= 0.6 is 0 Å². The molecule has 1 amide bonds. The van der Waals surface area contributed by atoms with Crippen LogP contribution in [-0.4, -0.2) is 60.0 Å². The van der Waals surface area contributed by atoms with Gasteiger partial charge >= 0.3 is 17.9 Å². The van der Waals surface area contributed by atoms with E-state index in [0.717, 1.165) is 19.2 Å². The number of ether oxygens (including phenoxy) is 1. The Morgan fingerprint density at radius 1 is 0.825 bits per heavy atom. The zero-order chi connectivity index (χ0) is 29.8. The lowest BCUT2D eigenvalue weighted by Crippen LogP contribution is -2.30. The standard InChI is InChI=1S/C16H17NO3.C10H6O3.C6H11N/c1-3-10-17(11-4-2)15(18)12-14(16(19)20)13-8-6-5-7-9-13;11-9-6-8(10(12)13-9)7-4-2-1-3-5-7;1-3-5-7-6-4-2/h3-9,12H,1-2,10-11H2,(H,19,20);1-6H;3-4,7H,1-2,5-6H2/b14-12-;;. The number of amides is 1. The van der Waals surface area contributed by atoms with Gasteiger partial charge in [-0.15, -0.1) is 26.3 Å². The quantitative estimate of drug-likeness (QED) is 0.134. The number of carboxylic acid groups (broad SMARTS) is 1. The van der Waals surface area contributed by atoms with Crippen molar-refractivity contribution in [1.82, 2.24) is 10.2 Å². The van der Waals surface area contributed by atoms with Crippen LogP contribution in [0, 0.1) is 0 Å². The average Bonchev–Trinajstić information content (AvgIpc) is 3.30. The summed E-state index contributed by atoms with van der Waals surface area (Å²) < 4.78 is 4.36. The van der Waals surface area contributed by atoms with E-state index in [1.807, 2.05) is 18.2 Å². The number of hydrogen-bond acceptors (Lipinski definition) is 6. The highest BCUT2D eigenvalue weighted by molar-refractivity contribution is 6.28. The second-order valence-corrected chi connectivity index (χ2v) is 7.92. The molecule has 2 N–H and O–H groups in total. The second kappa shape index (κ2) is 19.1. The molecule has 0 aliphatic carbocycles. The predicted octanol–water partition coefficient (Wildman–Crippen LogP) is 4.46. The molecule has 0 spiro atoms. The van der Waals surface area contributed by atoms with E-state index in [1.165, 1.54) is 11.0 Å². The number of carbonyl (C=O) groups is 4. The third kappa shape index (κ3) is 12.0. The zero-order valence-electron chi connectivity index (χ0n) is 22.3. The first-order chi connectivity index (χ1) is 19.3. The van der Waals surface area contributed by atoms with Crippen LogP contribution < -0.4 is 5.32 Å². The van der Waals surface area contributed by atoms with Crippen molar-refractivity contribution in [1.29, 1.82) is 0 Å². The lowest BCUT2D eigenvalue weighted by Gasteiger charge is -2.17. The molecule has 1 aliphatic heterocycles. The highest BCUT2D eigenvalue weighted by Gasteiger charge is 2.24. The lowest BCUT2D eigenvalue weighted by atomic mass is 10.1. The van der Waals surface area contributed by atoms with Crippen LogP contribution in [0.3, 0.4) is 0 Å². The summed E-state index contributed by atoms with van der Waals surface area (Å²) in [5, 5.41) is 12.3. The summed E-state index contributed by atoms with van der Waals surface area (Å²) in [6, 6.07) is 17.5. The van der Waals surface area contributed by atoms with Gasteiger partial charge in [-0.3, -0.25) is 4.79 Å². The first-order valence-corrected chi connectivity index (χ1v) is 12.3. The highest BCUT2D eigenvalue weighted by Crippen LogP contribution is 2.20. The molecule has 2 aromatic carbocycles. The van der Waals surface area contributed by atoms with Crippen molar-refractivity contribution in [3.63, 3.8) is 0 Å². The van der Waals surface area contributed by atoms with Crippen LogP contribution in [0.2, 0.25) is 0 Å². The molecule has 0 saturated heterocycles. The number of cyclic esters (lactones) is 2. The summed E-state index contributed by atoms with van der Waals surface area (Å²) in [6.07, 6.45) is 9.14. The van der Waals surface area contributed by atoms with Crippen LogP contribution in [0.4, 0.5) is 0 Å². The molecule has 0 aromatic heterocycles. The van der Waals surface area contributed by atoms with Gasteiger partial charge < -0.3 is 20.1 Å². The molecule has 2 aromatic rings. The summed E-state index contributed by atoms with van der Waals surface area (Å²) in [5.41, 5.74) is 1.49. The first kappa shape index (κ1) is 32.9. The van der Waals surface area contributed by atoms with Crippen LogP contribution in [0.1, 0.15) is 11.1 Å². The Balaban J connectivity index is 0.000000340. The maximum absolute atomic E-state index is 12.1. The van der Waals surface area contributed by atoms with Gasteiger partial charge in [-0.25, -0.2) is 14.4 Å². The largest absolute Gasteiger partial charge is 0.478 e. The number of nitrogens with zero attached hydrogens (tertiary/aromatic N) is 1. The van der Waals surface area contributed by atoms with E-state index in [-0.39, 0.29) is 11.5 Å². The van der Waals surface area contributed by atoms with E-state index in [9.17, 15) is 24.3 Å². The maximum atomic E-state index is 12.1. The van der Waals surface area contributed by atoms with Crippen molar-refractivity contribution in [2.75, 3.05) is 26.2 Å². The zero-order valence-corrected chi connectivity index (χ0v) is 22.3. The van der Waals surface area contributed by atoms with E-state index in [2.05, 4.69) is 36.4 Å². The SMILES string of the molecule is C=CCN(CC=C)C(=O)/C=C(\C(=O)O)c1ccccc1.C=CCNCC=C.O=C1C=C(c2ccccc2)C(=O)O1. The molecule has 3 rings (SSSR count). The van der Waals surface area contributed by atoms with Crippen LogP contribution in [0.15, 0.2) is 123 Å². The van der Waals surface area contributed by atoms with Crippen molar-refractivity contribution in [3.8, 4) is 0 Å². The Hall–Kier alpha value is -5.08. The lowest BCUT2D eigenvalue weighted by molar-refractivity contribution is -0.149. The number of nitrogens with one attached hydrogen (secondary N) is 1. The Morgan fingerprint density at radius 2 is 1.35 bits per heavy atom. The fourth-order valence-electron chi connectivity index (χ4n) is 3.13. The summed E-state index contributed by atoms with van der Waals surface area (Å²) in [5.74, 6) is -2.69. The number of hydrogen-bond donors (Lipinski definition) is 2. The van der Waals surface area contributed by atoms with Gasteiger partial charge in [0.2, 0.25) is 5.91 Å². The predicted molar refractivity (Wildman–Crippen MR) is 158 cm³/mol. The Bertz CT molecular complexity index is 1230. The molecule has 0 saturated carbocycles. The molecule has 0 atom stereocenters. The van der Waals surface area contributed by atoms with E-state index in [4.69, 9.17) is 0 Å². The average molecular weight is 543 g/mol. The molecule has 1 aliphatic rings. The van der Waals surface area contributed by atoms with Gasteiger partial charge in [0.15, 0.2) is 0 Å². The maximum Gasteiger partial charge on any atom is 0.346 e. The summed E-state index contributed by atoms with van der Waals surface area (Å²) >= 11 is 0. The molecule has 0 radical (unpaired) electrons. The minimum absolute atomic E-state index is 0.0336. The fourth-order valence-corrected chi connectivity index (χ4v) is 3.13. The third-order valence-electron chi connectivity index (χ3n) is 4.93. The number of rotatable bonds is 12. The van der Waals surface area contributed by atoms with Gasteiger partial charge in [0.25, 0.3) is 0 Å². The molecular formula is C32H34N2O6. The molecule has 8 nitrogen and oxygen atoms in total. The van der Waals surface area contributed by atoms with Gasteiger partial charge in [0.05, 0.1) is 11.1 Å². The summed E-state index contributed by atoms with van der Waals surface area (Å²) in [4.78, 5) is 46.6. The Kier molecular flexibility index (Phi) is 15.7. The first-order valence-electron chi connectivity index (χ1n) is 12.3. The monoisotopic (exact) mass is 542 g/mol. The third-order valence-corrected chi connectivity index (χ3v) is 4.93. The van der Waals surface area contributed by atoms with E-state index >= 15 is 0 Å². The number of carbonyl (C=O) groups excluding carboxylic acids is 3. The molecule has 8 heteroatoms. The molecule has 0 fully saturated rings. The smallest absolute Gasteiger partial charge is 0.346 e. The van der Waals surface area contributed by atoms with E-state index < -0.39 is 17.9 Å². The van der Waals surface area contributed by atoms with Crippen molar-refractivity contribution in [3.05, 3.63) is 135 Å². The minimum Gasteiger partial charge on any atom is -0.478 e. The van der Waals surface area contributed by atoms with E-state index in [1.54, 1.807) is 66.7 Å². The van der Waals surface area contributed by atoms with Crippen molar-refractivity contribution >= 4 is 35.0 Å². The van der Waals surface area contributed by atoms with Gasteiger partial charge in [0.1, 0.15) is 0 Å².